The Morgan fingerprint density at radius 3 is 2.53 bits per heavy atom. The lowest BCUT2D eigenvalue weighted by Crippen LogP contribution is -2.24. The normalized spacial score (nSPS) is 30.2. The highest BCUT2D eigenvalue weighted by atomic mass is 16.7. The highest BCUT2D eigenvalue weighted by Crippen LogP contribution is 2.23. The van der Waals surface area contributed by atoms with Gasteiger partial charge in [0.2, 0.25) is 0 Å². The van der Waals surface area contributed by atoms with Crippen LogP contribution in [0.2, 0.25) is 0 Å². The summed E-state index contributed by atoms with van der Waals surface area (Å²) in [6.45, 7) is 0.145. The number of rotatable bonds is 4. The maximum Gasteiger partial charge on any atom is 0.508 e. The van der Waals surface area contributed by atoms with E-state index in [0.717, 1.165) is 0 Å². The predicted octanol–water partition coefficient (Wildman–Crippen LogP) is 0.546. The second-order valence-electron chi connectivity index (χ2n) is 3.14. The summed E-state index contributed by atoms with van der Waals surface area (Å²) in [7, 11) is 4.39. The van der Waals surface area contributed by atoms with Gasteiger partial charge in [-0.25, -0.2) is 4.79 Å². The van der Waals surface area contributed by atoms with Crippen molar-refractivity contribution >= 4 is 6.16 Å². The molecular weight excluding hydrogens is 204 g/mol. The van der Waals surface area contributed by atoms with Crippen molar-refractivity contribution in [3.8, 4) is 0 Å². The van der Waals surface area contributed by atoms with Gasteiger partial charge in [-0.1, -0.05) is 0 Å². The molecule has 0 N–H and O–H groups in total. The zero-order valence-electron chi connectivity index (χ0n) is 9.10. The summed E-state index contributed by atoms with van der Waals surface area (Å²) < 4.78 is 24.7. The highest BCUT2D eigenvalue weighted by molar-refractivity contribution is 5.59. The molecule has 6 nitrogen and oxygen atoms in total. The first-order valence-electron chi connectivity index (χ1n) is 4.63. The average molecular weight is 220 g/mol. The van der Waals surface area contributed by atoms with Crippen LogP contribution in [0.25, 0.3) is 0 Å². The molecule has 0 aromatic rings. The van der Waals surface area contributed by atoms with E-state index in [2.05, 4.69) is 4.74 Å². The van der Waals surface area contributed by atoms with Crippen molar-refractivity contribution in [1.29, 1.82) is 0 Å². The molecule has 1 saturated heterocycles. The van der Waals surface area contributed by atoms with Gasteiger partial charge in [0.05, 0.1) is 13.2 Å². The molecule has 6 heteroatoms. The summed E-state index contributed by atoms with van der Waals surface area (Å²) in [6, 6.07) is 0. The molecular formula is C9H16O6. The Balaban J connectivity index is 2.30. The maximum atomic E-state index is 10.7. The van der Waals surface area contributed by atoms with E-state index in [1.54, 1.807) is 14.2 Å². The summed E-state index contributed by atoms with van der Waals surface area (Å²) >= 11 is 0. The second kappa shape index (κ2) is 5.89. The first kappa shape index (κ1) is 12.2. The van der Waals surface area contributed by atoms with Gasteiger partial charge in [-0.05, 0) is 0 Å². The van der Waals surface area contributed by atoms with Crippen molar-refractivity contribution in [3.05, 3.63) is 0 Å². The number of methoxy groups -OCH3 is 3. The largest absolute Gasteiger partial charge is 0.508 e. The van der Waals surface area contributed by atoms with E-state index in [4.69, 9.17) is 18.9 Å². The van der Waals surface area contributed by atoms with Gasteiger partial charge in [-0.2, -0.15) is 0 Å². The van der Waals surface area contributed by atoms with Crippen LogP contribution < -0.4 is 0 Å². The van der Waals surface area contributed by atoms with Crippen LogP contribution in [-0.2, 0) is 23.7 Å². The predicted molar refractivity (Wildman–Crippen MR) is 49.4 cm³/mol. The van der Waals surface area contributed by atoms with E-state index in [1.807, 2.05) is 0 Å². The minimum absolute atomic E-state index is 0.124. The number of hydrogen-bond acceptors (Lipinski definition) is 6. The van der Waals surface area contributed by atoms with E-state index < -0.39 is 12.4 Å². The summed E-state index contributed by atoms with van der Waals surface area (Å²) in [5, 5.41) is 0. The van der Waals surface area contributed by atoms with E-state index >= 15 is 0 Å². The highest BCUT2D eigenvalue weighted by Gasteiger charge is 2.36. The fourth-order valence-electron chi connectivity index (χ4n) is 1.44. The zero-order chi connectivity index (χ0) is 11.3. The topological polar surface area (TPSA) is 63.2 Å². The van der Waals surface area contributed by atoms with E-state index in [0.29, 0.717) is 6.42 Å². The summed E-state index contributed by atoms with van der Waals surface area (Å²) in [4.78, 5) is 10.7. The van der Waals surface area contributed by atoms with Gasteiger partial charge in [-0.15, -0.1) is 0 Å². The molecule has 0 bridgehead atoms. The summed E-state index contributed by atoms with van der Waals surface area (Å²) in [5.41, 5.74) is 0. The van der Waals surface area contributed by atoms with Gasteiger partial charge in [0.25, 0.3) is 0 Å². The molecule has 0 radical (unpaired) electrons. The third-order valence-electron chi connectivity index (χ3n) is 2.21. The minimum Gasteiger partial charge on any atom is -0.438 e. The van der Waals surface area contributed by atoms with Crippen LogP contribution >= 0.6 is 0 Å². The molecule has 88 valence electrons. The third-order valence-corrected chi connectivity index (χ3v) is 2.21. The molecule has 0 aliphatic carbocycles. The zero-order valence-corrected chi connectivity index (χ0v) is 9.10. The van der Waals surface area contributed by atoms with Gasteiger partial charge in [-0.3, -0.25) is 0 Å². The van der Waals surface area contributed by atoms with Gasteiger partial charge < -0.3 is 23.7 Å². The van der Waals surface area contributed by atoms with Gasteiger partial charge in [0, 0.05) is 20.6 Å². The van der Waals surface area contributed by atoms with Crippen molar-refractivity contribution in [3.63, 3.8) is 0 Å². The molecule has 1 unspecified atom stereocenters. The Morgan fingerprint density at radius 2 is 2.07 bits per heavy atom. The standard InChI is InChI=1S/C9H16O6/c1-11-7-4-6(15-8(7)12-2)5-14-9(10)13-3/h6-8H,4-5H2,1-3H3/t6-,7?,8-/m0/s1. The molecule has 1 fully saturated rings. The molecule has 1 aliphatic heterocycles. The van der Waals surface area contributed by atoms with Crippen molar-refractivity contribution in [2.24, 2.45) is 0 Å². The van der Waals surface area contributed by atoms with Crippen molar-refractivity contribution < 1.29 is 28.5 Å². The fourth-order valence-corrected chi connectivity index (χ4v) is 1.44. The van der Waals surface area contributed by atoms with Crippen molar-refractivity contribution in [1.82, 2.24) is 0 Å². The Labute approximate surface area is 88.4 Å². The van der Waals surface area contributed by atoms with E-state index in [9.17, 15) is 4.79 Å². The Morgan fingerprint density at radius 1 is 1.33 bits per heavy atom. The Bertz CT molecular complexity index is 195. The summed E-state index contributed by atoms with van der Waals surface area (Å²) in [5.74, 6) is 0. The summed E-state index contributed by atoms with van der Waals surface area (Å²) in [6.07, 6.45) is -0.818. The molecule has 3 atom stereocenters. The number of carbonyl (C=O) groups is 1. The molecule has 1 heterocycles. The van der Waals surface area contributed by atoms with Gasteiger partial charge in [0.1, 0.15) is 12.7 Å². The maximum absolute atomic E-state index is 10.7. The fraction of sp³-hybridized carbons (Fsp3) is 0.889. The number of ether oxygens (including phenoxy) is 5. The van der Waals surface area contributed by atoms with Crippen LogP contribution in [0, 0.1) is 0 Å². The second-order valence-corrected chi connectivity index (χ2v) is 3.14. The number of carbonyl (C=O) groups excluding carboxylic acids is 1. The first-order chi connectivity index (χ1) is 7.21. The van der Waals surface area contributed by atoms with Crippen LogP contribution in [-0.4, -0.2) is 52.6 Å². The lowest BCUT2D eigenvalue weighted by Gasteiger charge is -2.14. The van der Waals surface area contributed by atoms with Gasteiger partial charge in [0.15, 0.2) is 6.29 Å². The molecule has 0 spiro atoms. The Hall–Kier alpha value is -0.850. The molecule has 1 aliphatic rings. The third kappa shape index (κ3) is 3.33. The lowest BCUT2D eigenvalue weighted by atomic mass is 10.2. The Kier molecular flexibility index (Phi) is 4.80. The molecule has 0 saturated carbocycles. The van der Waals surface area contributed by atoms with Crippen LogP contribution in [0.15, 0.2) is 0 Å². The molecule has 0 amide bonds. The SMILES string of the molecule is COC(=O)OC[C@@H]1CC(OC)[C@@H](OC)O1. The molecule has 1 rings (SSSR count). The lowest BCUT2D eigenvalue weighted by molar-refractivity contribution is -0.159. The van der Waals surface area contributed by atoms with Crippen molar-refractivity contribution in [2.75, 3.05) is 27.9 Å². The molecule has 0 aromatic heterocycles. The smallest absolute Gasteiger partial charge is 0.438 e. The van der Waals surface area contributed by atoms with E-state index in [-0.39, 0.29) is 18.8 Å². The molecule has 15 heavy (non-hydrogen) atoms. The average Bonchev–Trinajstić information content (AvgIpc) is 2.68. The monoisotopic (exact) mass is 220 g/mol. The van der Waals surface area contributed by atoms with Crippen LogP contribution in [0.5, 0.6) is 0 Å². The molecule has 0 aromatic carbocycles. The van der Waals surface area contributed by atoms with Gasteiger partial charge >= 0.3 is 6.16 Å². The van der Waals surface area contributed by atoms with Crippen LogP contribution in [0.4, 0.5) is 4.79 Å². The number of hydrogen-bond donors (Lipinski definition) is 0. The van der Waals surface area contributed by atoms with E-state index in [1.165, 1.54) is 7.11 Å². The van der Waals surface area contributed by atoms with Crippen LogP contribution in [0.1, 0.15) is 6.42 Å². The quantitative estimate of drug-likeness (QED) is 0.644. The van der Waals surface area contributed by atoms with Crippen LogP contribution in [0.3, 0.4) is 0 Å². The first-order valence-corrected chi connectivity index (χ1v) is 4.63. The van der Waals surface area contributed by atoms with Crippen molar-refractivity contribution in [2.45, 2.75) is 24.9 Å². The minimum atomic E-state index is -0.714.